The van der Waals surface area contributed by atoms with Gasteiger partial charge < -0.3 is 14.9 Å². The normalized spacial score (nSPS) is 35.9. The second-order valence-corrected chi connectivity index (χ2v) is 8.72. The van der Waals surface area contributed by atoms with Gasteiger partial charge in [-0.2, -0.15) is 0 Å². The van der Waals surface area contributed by atoms with Crippen molar-refractivity contribution < 1.29 is 14.9 Å². The molecule has 0 radical (unpaired) electrons. The predicted molar refractivity (Wildman–Crippen MR) is 106 cm³/mol. The topological polar surface area (TPSA) is 49.7 Å². The second kappa shape index (κ2) is 8.41. The standard InChI is InChI=1S/C23H36O3/c1-4-26-21(25)14-20-18(15-24)13-17-7-5-6-8-19(17)22(20)23(3)11-9-16(2)10-12-23/h9-11,17-19,21,24-25H,4-8,12-15H2,1-3H3. The Morgan fingerprint density at radius 2 is 2.08 bits per heavy atom. The summed E-state index contributed by atoms with van der Waals surface area (Å²) in [4.78, 5) is 0. The monoisotopic (exact) mass is 360 g/mol. The fraction of sp³-hybridized carbons (Fsp3) is 0.739. The quantitative estimate of drug-likeness (QED) is 0.530. The summed E-state index contributed by atoms with van der Waals surface area (Å²) in [6.07, 6.45) is 13.9. The molecule has 0 amide bonds. The first-order valence-electron chi connectivity index (χ1n) is 10.5. The third kappa shape index (κ3) is 4.00. The third-order valence-corrected chi connectivity index (χ3v) is 6.86. The first-order chi connectivity index (χ1) is 12.5. The molecule has 3 nitrogen and oxygen atoms in total. The van der Waals surface area contributed by atoms with E-state index in [1.165, 1.54) is 42.4 Å². The van der Waals surface area contributed by atoms with Gasteiger partial charge in [0.05, 0.1) is 0 Å². The molecular weight excluding hydrogens is 324 g/mol. The Labute approximate surface area is 158 Å². The van der Waals surface area contributed by atoms with E-state index < -0.39 is 6.29 Å². The van der Waals surface area contributed by atoms with E-state index in [-0.39, 0.29) is 17.9 Å². The smallest absolute Gasteiger partial charge is 0.158 e. The van der Waals surface area contributed by atoms with Gasteiger partial charge in [0.15, 0.2) is 6.29 Å². The third-order valence-electron chi connectivity index (χ3n) is 6.86. The van der Waals surface area contributed by atoms with Gasteiger partial charge in [-0.1, -0.05) is 54.7 Å². The molecule has 1 saturated carbocycles. The molecule has 5 unspecified atom stereocenters. The van der Waals surface area contributed by atoms with Crippen molar-refractivity contribution in [2.24, 2.45) is 23.2 Å². The minimum Gasteiger partial charge on any atom is -0.396 e. The van der Waals surface area contributed by atoms with Crippen LogP contribution in [0.3, 0.4) is 0 Å². The molecule has 146 valence electrons. The first kappa shape index (κ1) is 19.9. The lowest BCUT2D eigenvalue weighted by Crippen LogP contribution is -2.39. The van der Waals surface area contributed by atoms with E-state index in [0.717, 1.165) is 12.8 Å². The van der Waals surface area contributed by atoms with Crippen molar-refractivity contribution in [1.29, 1.82) is 0 Å². The van der Waals surface area contributed by atoms with Gasteiger partial charge in [0.1, 0.15) is 0 Å². The number of aliphatic hydroxyl groups excluding tert-OH is 2. The number of fused-ring (bicyclic) bond motifs is 1. The fourth-order valence-corrected chi connectivity index (χ4v) is 5.55. The lowest BCUT2D eigenvalue weighted by atomic mass is 9.57. The lowest BCUT2D eigenvalue weighted by molar-refractivity contribution is -0.0952. The molecule has 3 heteroatoms. The summed E-state index contributed by atoms with van der Waals surface area (Å²) in [5.74, 6) is 1.44. The molecule has 26 heavy (non-hydrogen) atoms. The highest BCUT2D eigenvalue weighted by molar-refractivity contribution is 5.39. The van der Waals surface area contributed by atoms with Crippen molar-refractivity contribution in [2.45, 2.75) is 72.0 Å². The highest BCUT2D eigenvalue weighted by Gasteiger charge is 2.44. The number of hydrogen-bond donors (Lipinski definition) is 2. The molecule has 2 N–H and O–H groups in total. The Morgan fingerprint density at radius 1 is 1.31 bits per heavy atom. The van der Waals surface area contributed by atoms with Gasteiger partial charge in [0, 0.05) is 31.0 Å². The number of rotatable bonds is 6. The van der Waals surface area contributed by atoms with Crippen LogP contribution < -0.4 is 0 Å². The SMILES string of the molecule is CCOC(O)CC1=C(C2(C)C=CC(C)=CC2)C2CCCCC2CC1CO. The molecule has 0 aromatic heterocycles. The summed E-state index contributed by atoms with van der Waals surface area (Å²) in [6, 6.07) is 0. The van der Waals surface area contributed by atoms with Gasteiger partial charge in [-0.15, -0.1) is 0 Å². The zero-order valence-electron chi connectivity index (χ0n) is 16.7. The average Bonchev–Trinajstić information content (AvgIpc) is 2.63. The molecule has 0 aliphatic heterocycles. The summed E-state index contributed by atoms with van der Waals surface area (Å²) in [7, 11) is 0. The van der Waals surface area contributed by atoms with Crippen molar-refractivity contribution in [2.75, 3.05) is 13.2 Å². The van der Waals surface area contributed by atoms with E-state index in [9.17, 15) is 10.2 Å². The van der Waals surface area contributed by atoms with Crippen LogP contribution in [0, 0.1) is 23.2 Å². The fourth-order valence-electron chi connectivity index (χ4n) is 5.55. The summed E-state index contributed by atoms with van der Waals surface area (Å²) in [5.41, 5.74) is 4.10. The van der Waals surface area contributed by atoms with E-state index in [0.29, 0.717) is 24.9 Å². The number of allylic oxidation sites excluding steroid dienone is 5. The summed E-state index contributed by atoms with van der Waals surface area (Å²) in [5, 5.41) is 20.5. The molecule has 0 bridgehead atoms. The van der Waals surface area contributed by atoms with Gasteiger partial charge in [-0.25, -0.2) is 0 Å². The number of aliphatic hydroxyl groups is 2. The van der Waals surface area contributed by atoms with Crippen LogP contribution in [-0.2, 0) is 4.74 Å². The van der Waals surface area contributed by atoms with Gasteiger partial charge in [-0.3, -0.25) is 0 Å². The Balaban J connectivity index is 2.04. The molecule has 0 spiro atoms. The molecule has 0 heterocycles. The van der Waals surface area contributed by atoms with E-state index >= 15 is 0 Å². The molecule has 3 aliphatic carbocycles. The largest absolute Gasteiger partial charge is 0.396 e. The van der Waals surface area contributed by atoms with E-state index in [4.69, 9.17) is 4.74 Å². The maximum absolute atomic E-state index is 10.4. The van der Waals surface area contributed by atoms with Crippen molar-refractivity contribution >= 4 is 0 Å². The minimum atomic E-state index is -0.771. The van der Waals surface area contributed by atoms with Crippen LogP contribution in [0.5, 0.6) is 0 Å². The Bertz CT molecular complexity index is 588. The molecule has 3 rings (SSSR count). The van der Waals surface area contributed by atoms with E-state index in [1.54, 1.807) is 0 Å². The van der Waals surface area contributed by atoms with Crippen LogP contribution in [0.2, 0.25) is 0 Å². The number of hydrogen-bond acceptors (Lipinski definition) is 3. The average molecular weight is 361 g/mol. The zero-order valence-corrected chi connectivity index (χ0v) is 16.7. The van der Waals surface area contributed by atoms with E-state index in [1.807, 2.05) is 6.92 Å². The van der Waals surface area contributed by atoms with Crippen LogP contribution in [0.4, 0.5) is 0 Å². The van der Waals surface area contributed by atoms with Crippen molar-refractivity contribution in [3.05, 3.63) is 34.9 Å². The molecule has 5 atom stereocenters. The Hall–Kier alpha value is -0.900. The van der Waals surface area contributed by atoms with Crippen molar-refractivity contribution in [1.82, 2.24) is 0 Å². The van der Waals surface area contributed by atoms with Crippen LogP contribution in [0.15, 0.2) is 34.9 Å². The van der Waals surface area contributed by atoms with Gasteiger partial charge in [0.2, 0.25) is 0 Å². The molecule has 0 aromatic carbocycles. The van der Waals surface area contributed by atoms with Crippen LogP contribution >= 0.6 is 0 Å². The summed E-state index contributed by atoms with van der Waals surface area (Å²) >= 11 is 0. The minimum absolute atomic E-state index is 0.00508. The molecule has 3 aliphatic rings. The Kier molecular flexibility index (Phi) is 6.42. The van der Waals surface area contributed by atoms with Crippen molar-refractivity contribution in [3.63, 3.8) is 0 Å². The maximum Gasteiger partial charge on any atom is 0.158 e. The Morgan fingerprint density at radius 3 is 2.73 bits per heavy atom. The molecule has 0 aromatic rings. The number of ether oxygens (including phenoxy) is 1. The van der Waals surface area contributed by atoms with Crippen LogP contribution in [0.25, 0.3) is 0 Å². The van der Waals surface area contributed by atoms with Gasteiger partial charge in [-0.05, 0) is 51.4 Å². The second-order valence-electron chi connectivity index (χ2n) is 8.72. The zero-order chi connectivity index (χ0) is 18.7. The van der Waals surface area contributed by atoms with Gasteiger partial charge in [0.25, 0.3) is 0 Å². The van der Waals surface area contributed by atoms with Crippen LogP contribution in [0.1, 0.15) is 65.7 Å². The lowest BCUT2D eigenvalue weighted by Gasteiger charge is -2.48. The molecule has 0 saturated heterocycles. The first-order valence-corrected chi connectivity index (χ1v) is 10.5. The molecule has 1 fully saturated rings. The summed E-state index contributed by atoms with van der Waals surface area (Å²) in [6.45, 7) is 7.11. The highest BCUT2D eigenvalue weighted by Crippen LogP contribution is 2.54. The highest BCUT2D eigenvalue weighted by atomic mass is 16.6. The predicted octanol–water partition coefficient (Wildman–Crippen LogP) is 4.76. The summed E-state index contributed by atoms with van der Waals surface area (Å²) < 4.78 is 5.47. The van der Waals surface area contributed by atoms with Gasteiger partial charge >= 0.3 is 0 Å². The van der Waals surface area contributed by atoms with Crippen LogP contribution in [-0.4, -0.2) is 29.7 Å². The van der Waals surface area contributed by atoms with Crippen molar-refractivity contribution in [3.8, 4) is 0 Å². The molecular formula is C23H36O3. The van der Waals surface area contributed by atoms with E-state index in [2.05, 4.69) is 32.1 Å². The maximum atomic E-state index is 10.4.